The number of halogens is 1. The van der Waals surface area contributed by atoms with Crippen LogP contribution in [-0.4, -0.2) is 10.8 Å². The molecule has 34 heavy (non-hydrogen) atoms. The Kier molecular flexibility index (Phi) is 6.22. The third kappa shape index (κ3) is 4.50. The monoisotopic (exact) mass is 529 g/mol. The Bertz CT molecular complexity index is 1410. The minimum Gasteiger partial charge on any atom is -0.342 e. The molecule has 0 saturated carbocycles. The Morgan fingerprint density at radius 2 is 1.94 bits per heavy atom. The molecule has 0 bridgehead atoms. The highest BCUT2D eigenvalue weighted by molar-refractivity contribution is 9.10. The minimum atomic E-state index is 0.286. The highest BCUT2D eigenvalue weighted by atomic mass is 79.9. The molecule has 1 atom stereocenters. The Hall–Kier alpha value is -2.68. The lowest BCUT2D eigenvalue weighted by atomic mass is 9.72. The van der Waals surface area contributed by atoms with Crippen molar-refractivity contribution in [2.75, 3.05) is 0 Å². The Morgan fingerprint density at radius 1 is 1.18 bits per heavy atom. The van der Waals surface area contributed by atoms with Crippen molar-refractivity contribution < 1.29 is 0 Å². The van der Waals surface area contributed by atoms with Gasteiger partial charge in [0, 0.05) is 44.8 Å². The number of hydrogen-bond acceptors (Lipinski definition) is 3. The molecule has 0 radical (unpaired) electrons. The highest BCUT2D eigenvalue weighted by Gasteiger charge is 2.32. The number of hydrogen-bond donors (Lipinski definition) is 0. The van der Waals surface area contributed by atoms with E-state index < -0.39 is 0 Å². The largest absolute Gasteiger partial charge is 0.342 e. The maximum atomic E-state index is 9.92. The van der Waals surface area contributed by atoms with Gasteiger partial charge in [0.1, 0.15) is 11.1 Å². The van der Waals surface area contributed by atoms with Crippen LogP contribution in [0.5, 0.6) is 0 Å². The molecule has 2 aromatic heterocycles. The van der Waals surface area contributed by atoms with Gasteiger partial charge in [0.05, 0.1) is 5.56 Å². The van der Waals surface area contributed by atoms with Gasteiger partial charge in [-0.3, -0.25) is 0 Å². The van der Waals surface area contributed by atoms with E-state index in [0.29, 0.717) is 5.92 Å². The van der Waals surface area contributed by atoms with Gasteiger partial charge in [0.2, 0.25) is 0 Å². The van der Waals surface area contributed by atoms with E-state index in [1.807, 2.05) is 6.21 Å². The van der Waals surface area contributed by atoms with Crippen LogP contribution in [-0.2, 0) is 19.4 Å². The first-order valence-corrected chi connectivity index (χ1v) is 13.4. The number of nitriles is 1. The zero-order chi connectivity index (χ0) is 23.9. The fourth-order valence-corrected chi connectivity index (χ4v) is 6.43. The molecule has 0 amide bonds. The summed E-state index contributed by atoms with van der Waals surface area (Å²) in [6.45, 7) is 7.77. The number of rotatable bonds is 4. The van der Waals surface area contributed by atoms with Crippen molar-refractivity contribution in [1.29, 1.82) is 5.26 Å². The van der Waals surface area contributed by atoms with Crippen molar-refractivity contribution >= 4 is 49.4 Å². The summed E-state index contributed by atoms with van der Waals surface area (Å²) in [5.74, 6) is 0.651. The molecule has 0 fully saturated rings. The predicted octanol–water partition coefficient (Wildman–Crippen LogP) is 8.29. The number of aliphatic imine (C=N–C) groups is 1. The average molecular weight is 531 g/mol. The van der Waals surface area contributed by atoms with Gasteiger partial charge < -0.3 is 4.57 Å². The van der Waals surface area contributed by atoms with Gasteiger partial charge in [-0.05, 0) is 59.9 Å². The fraction of sp³-hybridized carbons (Fsp3) is 0.310. The van der Waals surface area contributed by atoms with Crippen molar-refractivity contribution in [1.82, 2.24) is 4.57 Å². The number of aromatic nitrogens is 1. The Morgan fingerprint density at radius 3 is 2.68 bits per heavy atom. The molecular weight excluding hydrogens is 502 g/mol. The lowest BCUT2D eigenvalue weighted by Gasteiger charge is -2.33. The van der Waals surface area contributed by atoms with Gasteiger partial charge in [0.25, 0.3) is 0 Å². The maximum absolute atomic E-state index is 9.92. The lowest BCUT2D eigenvalue weighted by Crippen LogP contribution is -2.26. The number of benzene rings is 2. The topological polar surface area (TPSA) is 41.1 Å². The first-order chi connectivity index (χ1) is 16.3. The minimum absolute atomic E-state index is 0.286. The summed E-state index contributed by atoms with van der Waals surface area (Å²) in [5, 5.41) is 12.0. The molecule has 0 spiro atoms. The van der Waals surface area contributed by atoms with Crippen molar-refractivity contribution in [3.8, 4) is 6.07 Å². The second-order valence-electron chi connectivity index (χ2n) is 10.2. The summed E-state index contributed by atoms with van der Waals surface area (Å²) in [6, 6.07) is 19.4. The van der Waals surface area contributed by atoms with E-state index in [2.05, 4.69) is 102 Å². The second kappa shape index (κ2) is 9.17. The van der Waals surface area contributed by atoms with Crippen LogP contribution < -0.4 is 0 Å². The summed E-state index contributed by atoms with van der Waals surface area (Å²) in [5.41, 5.74) is 5.81. The van der Waals surface area contributed by atoms with Gasteiger partial charge in [-0.15, -0.1) is 11.3 Å². The molecule has 3 nitrogen and oxygen atoms in total. The van der Waals surface area contributed by atoms with Gasteiger partial charge in [-0.2, -0.15) is 5.26 Å². The molecule has 4 aromatic rings. The molecule has 5 rings (SSSR count). The molecule has 2 heterocycles. The maximum Gasteiger partial charge on any atom is 0.134 e. The highest BCUT2D eigenvalue weighted by Crippen LogP contribution is 2.45. The van der Waals surface area contributed by atoms with Gasteiger partial charge in [-0.25, -0.2) is 4.99 Å². The van der Waals surface area contributed by atoms with Crippen LogP contribution in [0.2, 0.25) is 0 Å². The van der Waals surface area contributed by atoms with Crippen molar-refractivity contribution in [3.63, 3.8) is 0 Å². The standard InChI is InChI=1S/C29H28BrN3S/c1-29(2,3)21-10-13-24-25(15-31)28(34-27(24)14-21)32-16-20-18-33(26-7-5-4-6-23(20)26)17-19-8-11-22(30)12-9-19/h4-9,11-12,16,18,21H,10,13-14,17H2,1-3H3/t21-/m1/s1. The predicted molar refractivity (Wildman–Crippen MR) is 146 cm³/mol. The molecule has 0 N–H and O–H groups in total. The first kappa shape index (κ1) is 23.1. The molecular formula is C29H28BrN3S. The molecule has 0 aliphatic heterocycles. The SMILES string of the molecule is CC(C)(C)[C@@H]1CCc2c(sc(N=Cc3cn(Cc4ccc(Br)cc4)c4ccccc34)c2C#N)C1. The van der Waals surface area contributed by atoms with E-state index in [-0.39, 0.29) is 5.41 Å². The number of para-hydroxylation sites is 1. The third-order valence-electron chi connectivity index (χ3n) is 6.99. The summed E-state index contributed by atoms with van der Waals surface area (Å²) in [6.07, 6.45) is 7.30. The van der Waals surface area contributed by atoms with Crippen LogP contribution in [0.15, 0.2) is 64.2 Å². The quantitative estimate of drug-likeness (QED) is 0.245. The van der Waals surface area contributed by atoms with E-state index in [4.69, 9.17) is 4.99 Å². The number of thiophene rings is 1. The fourth-order valence-electron chi connectivity index (χ4n) is 4.94. The van der Waals surface area contributed by atoms with Gasteiger partial charge >= 0.3 is 0 Å². The molecule has 172 valence electrons. The second-order valence-corrected chi connectivity index (χ2v) is 12.2. The van der Waals surface area contributed by atoms with Crippen LogP contribution >= 0.6 is 27.3 Å². The lowest BCUT2D eigenvalue weighted by molar-refractivity contribution is 0.218. The van der Waals surface area contributed by atoms with Gasteiger partial charge in [0.15, 0.2) is 0 Å². The van der Waals surface area contributed by atoms with Crippen molar-refractivity contribution in [3.05, 3.63) is 86.3 Å². The molecule has 0 unspecified atom stereocenters. The first-order valence-electron chi connectivity index (χ1n) is 11.7. The van der Waals surface area contributed by atoms with Crippen LogP contribution in [0, 0.1) is 22.7 Å². The van der Waals surface area contributed by atoms with Crippen molar-refractivity contribution in [2.24, 2.45) is 16.3 Å². The van der Waals surface area contributed by atoms with Crippen LogP contribution in [0.4, 0.5) is 5.00 Å². The molecule has 5 heteroatoms. The zero-order valence-electron chi connectivity index (χ0n) is 19.8. The van der Waals surface area contributed by atoms with E-state index in [1.165, 1.54) is 26.9 Å². The molecule has 2 aromatic carbocycles. The summed E-state index contributed by atoms with van der Waals surface area (Å²) < 4.78 is 3.36. The Labute approximate surface area is 213 Å². The molecule has 1 aliphatic rings. The van der Waals surface area contributed by atoms with E-state index in [1.54, 1.807) is 11.3 Å². The molecule has 0 saturated heterocycles. The summed E-state index contributed by atoms with van der Waals surface area (Å²) in [4.78, 5) is 6.23. The smallest absolute Gasteiger partial charge is 0.134 e. The van der Waals surface area contributed by atoms with Crippen LogP contribution in [0.3, 0.4) is 0 Å². The third-order valence-corrected chi connectivity index (χ3v) is 8.68. The number of nitrogens with zero attached hydrogens (tertiary/aromatic N) is 3. The van der Waals surface area contributed by atoms with E-state index >= 15 is 0 Å². The van der Waals surface area contributed by atoms with Crippen molar-refractivity contribution in [2.45, 2.75) is 46.6 Å². The summed E-state index contributed by atoms with van der Waals surface area (Å²) >= 11 is 5.23. The average Bonchev–Trinajstić information content (AvgIpc) is 3.35. The Balaban J connectivity index is 1.48. The zero-order valence-corrected chi connectivity index (χ0v) is 22.2. The van der Waals surface area contributed by atoms with Crippen LogP contribution in [0.25, 0.3) is 10.9 Å². The van der Waals surface area contributed by atoms with Crippen LogP contribution in [0.1, 0.15) is 54.3 Å². The van der Waals surface area contributed by atoms with Gasteiger partial charge in [-0.1, -0.05) is 67.0 Å². The summed E-state index contributed by atoms with van der Waals surface area (Å²) in [7, 11) is 0. The molecule has 1 aliphatic carbocycles. The normalized spacial score (nSPS) is 16.1. The van der Waals surface area contributed by atoms with E-state index in [0.717, 1.165) is 46.4 Å². The number of fused-ring (bicyclic) bond motifs is 2. The van der Waals surface area contributed by atoms with E-state index in [9.17, 15) is 5.26 Å².